The summed E-state index contributed by atoms with van der Waals surface area (Å²) in [7, 11) is 0. The Balaban J connectivity index is 1.83. The average molecular weight is 269 g/mol. The third-order valence-electron chi connectivity index (χ3n) is 4.19. The summed E-state index contributed by atoms with van der Waals surface area (Å²) in [6, 6.07) is 11.5. The Morgan fingerprint density at radius 1 is 1.25 bits per heavy atom. The predicted octanol–water partition coefficient (Wildman–Crippen LogP) is 4.71. The quantitative estimate of drug-likeness (QED) is 0.850. The van der Waals surface area contributed by atoms with E-state index in [9.17, 15) is 0 Å². The van der Waals surface area contributed by atoms with Crippen molar-refractivity contribution in [2.24, 2.45) is 0 Å². The molecule has 1 aliphatic rings. The molecule has 2 nitrogen and oxygen atoms in total. The molecule has 0 bridgehead atoms. The number of benzene rings is 1. The zero-order valence-electron chi connectivity index (χ0n) is 12.4. The second-order valence-corrected chi connectivity index (χ2v) is 6.05. The van der Waals surface area contributed by atoms with Gasteiger partial charge >= 0.3 is 0 Å². The van der Waals surface area contributed by atoms with Gasteiger partial charge in [-0.05, 0) is 36.0 Å². The summed E-state index contributed by atoms with van der Waals surface area (Å²) in [6.07, 6.45) is 5.86. The van der Waals surface area contributed by atoms with E-state index in [4.69, 9.17) is 4.42 Å². The summed E-state index contributed by atoms with van der Waals surface area (Å²) in [5.41, 5.74) is 3.99. The lowest BCUT2D eigenvalue weighted by Crippen LogP contribution is -2.21. The molecule has 0 unspecified atom stereocenters. The minimum Gasteiger partial charge on any atom is -0.467 e. The maximum absolute atomic E-state index is 5.65. The van der Waals surface area contributed by atoms with Crippen molar-refractivity contribution in [1.29, 1.82) is 0 Å². The molecule has 0 aliphatic heterocycles. The average Bonchev–Trinajstić information content (AvgIpc) is 2.83. The van der Waals surface area contributed by atoms with Crippen molar-refractivity contribution < 1.29 is 4.42 Å². The van der Waals surface area contributed by atoms with Gasteiger partial charge in [0.05, 0.1) is 12.8 Å². The monoisotopic (exact) mass is 269 g/mol. The topological polar surface area (TPSA) is 25.2 Å². The SMILES string of the molecule is CC(C)NCc1occc1-c1cccc(C2CCC2)c1. The molecule has 1 aromatic heterocycles. The highest BCUT2D eigenvalue weighted by Crippen LogP contribution is 2.38. The van der Waals surface area contributed by atoms with Gasteiger partial charge in [0.1, 0.15) is 5.76 Å². The standard InChI is InChI=1S/C18H23NO/c1-13(2)19-12-18-17(9-10-20-18)16-8-4-7-15(11-16)14-5-3-6-14/h4,7-11,13-14,19H,3,5-6,12H2,1-2H3. The Morgan fingerprint density at radius 3 is 2.80 bits per heavy atom. The molecule has 0 radical (unpaired) electrons. The van der Waals surface area contributed by atoms with Gasteiger partial charge < -0.3 is 9.73 Å². The van der Waals surface area contributed by atoms with Gasteiger partial charge in [0.15, 0.2) is 0 Å². The largest absolute Gasteiger partial charge is 0.467 e. The molecule has 2 heteroatoms. The molecule has 1 saturated carbocycles. The molecule has 1 aromatic carbocycles. The highest BCUT2D eigenvalue weighted by atomic mass is 16.3. The van der Waals surface area contributed by atoms with Crippen LogP contribution in [0.15, 0.2) is 41.0 Å². The fourth-order valence-corrected chi connectivity index (χ4v) is 2.73. The second kappa shape index (κ2) is 5.84. The first-order valence-electron chi connectivity index (χ1n) is 7.64. The molecule has 1 fully saturated rings. The van der Waals surface area contributed by atoms with Crippen LogP contribution < -0.4 is 5.32 Å². The van der Waals surface area contributed by atoms with E-state index in [1.165, 1.54) is 36.0 Å². The van der Waals surface area contributed by atoms with Crippen LogP contribution in [0.25, 0.3) is 11.1 Å². The Hall–Kier alpha value is -1.54. The van der Waals surface area contributed by atoms with Gasteiger partial charge in [0.2, 0.25) is 0 Å². The van der Waals surface area contributed by atoms with E-state index in [0.29, 0.717) is 6.04 Å². The Bertz CT molecular complexity index is 566. The van der Waals surface area contributed by atoms with Gasteiger partial charge in [-0.25, -0.2) is 0 Å². The van der Waals surface area contributed by atoms with Crippen LogP contribution in [0.2, 0.25) is 0 Å². The van der Waals surface area contributed by atoms with Gasteiger partial charge in [-0.3, -0.25) is 0 Å². The smallest absolute Gasteiger partial charge is 0.125 e. The molecule has 106 valence electrons. The van der Waals surface area contributed by atoms with Crippen molar-refractivity contribution in [3.8, 4) is 11.1 Å². The molecular weight excluding hydrogens is 246 g/mol. The third kappa shape index (κ3) is 2.80. The van der Waals surface area contributed by atoms with Crippen molar-refractivity contribution in [2.75, 3.05) is 0 Å². The van der Waals surface area contributed by atoms with E-state index in [2.05, 4.69) is 49.5 Å². The zero-order valence-corrected chi connectivity index (χ0v) is 12.4. The van der Waals surface area contributed by atoms with Crippen LogP contribution in [0, 0.1) is 0 Å². The number of rotatable bonds is 5. The van der Waals surface area contributed by atoms with Gasteiger partial charge in [0, 0.05) is 11.6 Å². The molecule has 0 spiro atoms. The Labute approximate surface area is 121 Å². The predicted molar refractivity (Wildman–Crippen MR) is 82.7 cm³/mol. The van der Waals surface area contributed by atoms with Crippen LogP contribution in [0.1, 0.15) is 50.4 Å². The highest BCUT2D eigenvalue weighted by molar-refractivity contribution is 5.66. The molecule has 2 aromatic rings. The Morgan fingerprint density at radius 2 is 2.10 bits per heavy atom. The molecule has 20 heavy (non-hydrogen) atoms. The van der Waals surface area contributed by atoms with Gasteiger partial charge in [-0.15, -0.1) is 0 Å². The van der Waals surface area contributed by atoms with E-state index in [0.717, 1.165) is 18.2 Å². The van der Waals surface area contributed by atoms with Crippen molar-refractivity contribution in [1.82, 2.24) is 5.32 Å². The molecule has 1 aliphatic carbocycles. The van der Waals surface area contributed by atoms with E-state index in [1.54, 1.807) is 6.26 Å². The number of hydrogen-bond donors (Lipinski definition) is 1. The summed E-state index contributed by atoms with van der Waals surface area (Å²) >= 11 is 0. The Kier molecular flexibility index (Phi) is 3.93. The summed E-state index contributed by atoms with van der Waals surface area (Å²) in [5, 5.41) is 3.42. The van der Waals surface area contributed by atoms with E-state index in [-0.39, 0.29) is 0 Å². The molecule has 1 N–H and O–H groups in total. The van der Waals surface area contributed by atoms with Crippen molar-refractivity contribution in [3.63, 3.8) is 0 Å². The van der Waals surface area contributed by atoms with E-state index < -0.39 is 0 Å². The van der Waals surface area contributed by atoms with Crippen LogP contribution in [-0.2, 0) is 6.54 Å². The molecule has 0 amide bonds. The fourth-order valence-electron chi connectivity index (χ4n) is 2.73. The summed E-state index contributed by atoms with van der Waals surface area (Å²) < 4.78 is 5.65. The van der Waals surface area contributed by atoms with Crippen LogP contribution in [-0.4, -0.2) is 6.04 Å². The second-order valence-electron chi connectivity index (χ2n) is 6.05. The molecule has 0 saturated heterocycles. The highest BCUT2D eigenvalue weighted by Gasteiger charge is 2.20. The third-order valence-corrected chi connectivity index (χ3v) is 4.19. The number of nitrogens with one attached hydrogen (secondary N) is 1. The molecule has 1 heterocycles. The van der Waals surface area contributed by atoms with Gasteiger partial charge in [0.25, 0.3) is 0 Å². The summed E-state index contributed by atoms with van der Waals surface area (Å²) in [5.74, 6) is 1.81. The summed E-state index contributed by atoms with van der Waals surface area (Å²) in [4.78, 5) is 0. The van der Waals surface area contributed by atoms with Crippen LogP contribution in [0.4, 0.5) is 0 Å². The lowest BCUT2D eigenvalue weighted by Gasteiger charge is -2.26. The van der Waals surface area contributed by atoms with Crippen LogP contribution in [0.5, 0.6) is 0 Å². The maximum Gasteiger partial charge on any atom is 0.125 e. The minimum atomic E-state index is 0.467. The van der Waals surface area contributed by atoms with Crippen LogP contribution >= 0.6 is 0 Å². The molecular formula is C18H23NO. The number of hydrogen-bond acceptors (Lipinski definition) is 2. The maximum atomic E-state index is 5.65. The molecule has 3 rings (SSSR count). The fraction of sp³-hybridized carbons (Fsp3) is 0.444. The van der Waals surface area contributed by atoms with Crippen LogP contribution in [0.3, 0.4) is 0 Å². The normalized spacial score (nSPS) is 15.6. The van der Waals surface area contributed by atoms with Gasteiger partial charge in [-0.1, -0.05) is 44.5 Å². The lowest BCUT2D eigenvalue weighted by atomic mass is 9.79. The zero-order chi connectivity index (χ0) is 13.9. The van der Waals surface area contributed by atoms with Crippen molar-refractivity contribution >= 4 is 0 Å². The minimum absolute atomic E-state index is 0.467. The molecule has 0 atom stereocenters. The van der Waals surface area contributed by atoms with E-state index in [1.807, 2.05) is 0 Å². The van der Waals surface area contributed by atoms with Gasteiger partial charge in [-0.2, -0.15) is 0 Å². The summed E-state index contributed by atoms with van der Waals surface area (Å²) in [6.45, 7) is 5.09. The first-order valence-corrected chi connectivity index (χ1v) is 7.64. The van der Waals surface area contributed by atoms with E-state index >= 15 is 0 Å². The number of furan rings is 1. The first-order chi connectivity index (χ1) is 9.74. The lowest BCUT2D eigenvalue weighted by molar-refractivity contribution is 0.420. The van der Waals surface area contributed by atoms with Crippen molar-refractivity contribution in [3.05, 3.63) is 47.9 Å². The first kappa shape index (κ1) is 13.4. The van der Waals surface area contributed by atoms with Crippen molar-refractivity contribution in [2.45, 2.75) is 51.6 Å².